The quantitative estimate of drug-likeness (QED) is 0.657. The average Bonchev–Trinajstić information content (AvgIpc) is 2.91. The smallest absolute Gasteiger partial charge is 0.290 e. The molecule has 0 unspecified atom stereocenters. The van der Waals surface area contributed by atoms with Gasteiger partial charge in [0.15, 0.2) is 6.29 Å². The van der Waals surface area contributed by atoms with E-state index in [0.29, 0.717) is 17.4 Å². The van der Waals surface area contributed by atoms with Crippen LogP contribution in [0.3, 0.4) is 0 Å². The Morgan fingerprint density at radius 2 is 1.76 bits per heavy atom. The van der Waals surface area contributed by atoms with Gasteiger partial charge in [-0.3, -0.25) is 4.79 Å². The summed E-state index contributed by atoms with van der Waals surface area (Å²) in [5.74, 6) is -3.00. The highest BCUT2D eigenvalue weighted by Gasteiger charge is 2.32. The molecule has 0 N–H and O–H groups in total. The van der Waals surface area contributed by atoms with E-state index in [1.54, 1.807) is 48.7 Å². The Bertz CT molecular complexity index is 778. The van der Waals surface area contributed by atoms with Crippen LogP contribution in [0.5, 0.6) is 0 Å². The maximum absolute atomic E-state index is 14.4. The number of para-hydroxylation sites is 1. The molecule has 0 saturated heterocycles. The third kappa shape index (κ3) is 2.44. The minimum atomic E-state index is -3.00. The zero-order valence-electron chi connectivity index (χ0n) is 11.2. The third-order valence-electron chi connectivity index (χ3n) is 3.51. The van der Waals surface area contributed by atoms with Crippen molar-refractivity contribution in [1.82, 2.24) is 4.57 Å². The molecule has 2 aromatic carbocycles. The third-order valence-corrected chi connectivity index (χ3v) is 3.51. The van der Waals surface area contributed by atoms with Crippen molar-refractivity contribution >= 4 is 17.2 Å². The molecular weight excluding hydrogens is 272 g/mol. The van der Waals surface area contributed by atoms with Crippen LogP contribution in [-0.2, 0) is 12.5 Å². The van der Waals surface area contributed by atoms with Crippen LogP contribution in [0.25, 0.3) is 10.9 Å². The van der Waals surface area contributed by atoms with Crippen molar-refractivity contribution in [3.8, 4) is 0 Å². The Labute approximate surface area is 120 Å². The van der Waals surface area contributed by atoms with E-state index < -0.39 is 12.5 Å². The lowest BCUT2D eigenvalue weighted by atomic mass is 10.1. The van der Waals surface area contributed by atoms with E-state index in [1.165, 1.54) is 16.7 Å². The highest BCUT2D eigenvalue weighted by molar-refractivity contribution is 5.96. The largest absolute Gasteiger partial charge is 0.340 e. The van der Waals surface area contributed by atoms with Crippen LogP contribution in [0.4, 0.5) is 8.78 Å². The van der Waals surface area contributed by atoms with Gasteiger partial charge in [0.25, 0.3) is 5.92 Å². The van der Waals surface area contributed by atoms with Gasteiger partial charge in [0.2, 0.25) is 0 Å². The number of carbonyl (C=O) groups is 1. The van der Waals surface area contributed by atoms with Crippen LogP contribution < -0.4 is 0 Å². The molecule has 0 bridgehead atoms. The van der Waals surface area contributed by atoms with Crippen LogP contribution in [-0.4, -0.2) is 10.9 Å². The average molecular weight is 285 g/mol. The molecule has 106 valence electrons. The summed E-state index contributed by atoms with van der Waals surface area (Å²) in [6, 6.07) is 14.6. The Balaban J connectivity index is 2.04. The molecule has 1 aromatic heterocycles. The van der Waals surface area contributed by atoms with E-state index in [4.69, 9.17) is 0 Å². The second-order valence-corrected chi connectivity index (χ2v) is 4.92. The number of fused-ring (bicyclic) bond motifs is 1. The predicted molar refractivity (Wildman–Crippen MR) is 77.7 cm³/mol. The first-order chi connectivity index (χ1) is 10.1. The van der Waals surface area contributed by atoms with Crippen LogP contribution in [0, 0.1) is 0 Å². The minimum absolute atomic E-state index is 0.0320. The number of benzene rings is 2. The van der Waals surface area contributed by atoms with Gasteiger partial charge in [0.05, 0.1) is 12.1 Å². The number of halogens is 2. The van der Waals surface area contributed by atoms with Gasteiger partial charge < -0.3 is 4.57 Å². The lowest BCUT2D eigenvalue weighted by Crippen LogP contribution is -2.21. The summed E-state index contributed by atoms with van der Waals surface area (Å²) in [4.78, 5) is 11.1. The molecule has 3 rings (SSSR count). The molecule has 0 aliphatic rings. The van der Waals surface area contributed by atoms with E-state index in [0.717, 1.165) is 5.39 Å². The summed E-state index contributed by atoms with van der Waals surface area (Å²) >= 11 is 0. The van der Waals surface area contributed by atoms with Crippen molar-refractivity contribution in [3.63, 3.8) is 0 Å². The zero-order valence-corrected chi connectivity index (χ0v) is 11.2. The van der Waals surface area contributed by atoms with Crippen LogP contribution in [0.1, 0.15) is 15.9 Å². The van der Waals surface area contributed by atoms with Gasteiger partial charge in [-0.2, -0.15) is 8.78 Å². The van der Waals surface area contributed by atoms with Gasteiger partial charge in [-0.15, -0.1) is 0 Å². The molecule has 0 spiro atoms. The van der Waals surface area contributed by atoms with Gasteiger partial charge in [-0.25, -0.2) is 0 Å². The molecular formula is C17H13F2NO. The first kappa shape index (κ1) is 13.5. The molecule has 0 atom stereocenters. The fourth-order valence-corrected chi connectivity index (χ4v) is 2.51. The fraction of sp³-hybridized carbons (Fsp3) is 0.118. The number of nitrogens with zero attached hydrogens (tertiary/aromatic N) is 1. The number of hydrogen-bond acceptors (Lipinski definition) is 1. The predicted octanol–water partition coefficient (Wildman–Crippen LogP) is 4.25. The lowest BCUT2D eigenvalue weighted by molar-refractivity contribution is -0.0211. The lowest BCUT2D eigenvalue weighted by Gasteiger charge is -2.18. The van der Waals surface area contributed by atoms with E-state index >= 15 is 0 Å². The highest BCUT2D eigenvalue weighted by Crippen LogP contribution is 2.31. The standard InChI is InChI=1S/C17H13F2NO/c18-17(19,15-7-2-1-3-8-15)12-20-10-9-13-5-4-6-14(11-21)16(13)20/h1-11H,12H2. The summed E-state index contributed by atoms with van der Waals surface area (Å²) in [6.45, 7) is -0.495. The number of rotatable bonds is 4. The molecule has 4 heteroatoms. The normalized spacial score (nSPS) is 11.7. The van der Waals surface area contributed by atoms with Gasteiger partial charge in [0, 0.05) is 22.7 Å². The molecule has 0 amide bonds. The summed E-state index contributed by atoms with van der Waals surface area (Å²) in [5.41, 5.74) is 0.930. The molecule has 1 heterocycles. The number of carbonyl (C=O) groups excluding carboxylic acids is 1. The second kappa shape index (κ2) is 5.13. The summed E-state index contributed by atoms with van der Waals surface area (Å²) < 4.78 is 30.2. The van der Waals surface area contributed by atoms with Crippen molar-refractivity contribution in [2.75, 3.05) is 0 Å². The molecule has 0 radical (unpaired) electrons. The number of alkyl halides is 2. The zero-order chi connectivity index (χ0) is 14.9. The Kier molecular flexibility index (Phi) is 3.29. The first-order valence-corrected chi connectivity index (χ1v) is 6.58. The Hall–Kier alpha value is -2.49. The van der Waals surface area contributed by atoms with E-state index in [-0.39, 0.29) is 5.56 Å². The van der Waals surface area contributed by atoms with E-state index in [1.807, 2.05) is 0 Å². The minimum Gasteiger partial charge on any atom is -0.340 e. The Morgan fingerprint density at radius 1 is 1.00 bits per heavy atom. The maximum Gasteiger partial charge on any atom is 0.290 e. The summed E-state index contributed by atoms with van der Waals surface area (Å²) in [6.07, 6.45) is 2.29. The van der Waals surface area contributed by atoms with Gasteiger partial charge >= 0.3 is 0 Å². The Morgan fingerprint density at radius 3 is 2.48 bits per heavy atom. The molecule has 0 aliphatic heterocycles. The topological polar surface area (TPSA) is 22.0 Å². The maximum atomic E-state index is 14.4. The molecule has 2 nitrogen and oxygen atoms in total. The second-order valence-electron chi connectivity index (χ2n) is 4.92. The summed E-state index contributed by atoms with van der Waals surface area (Å²) in [5, 5.41) is 0.781. The van der Waals surface area contributed by atoms with Crippen LogP contribution >= 0.6 is 0 Å². The van der Waals surface area contributed by atoms with Crippen LogP contribution in [0.15, 0.2) is 60.8 Å². The van der Waals surface area contributed by atoms with Crippen LogP contribution in [0.2, 0.25) is 0 Å². The molecule has 0 fully saturated rings. The molecule has 0 aliphatic carbocycles. The SMILES string of the molecule is O=Cc1cccc2ccn(CC(F)(F)c3ccccc3)c12. The molecule has 3 aromatic rings. The molecule has 0 saturated carbocycles. The van der Waals surface area contributed by atoms with Crippen molar-refractivity contribution in [2.24, 2.45) is 0 Å². The van der Waals surface area contributed by atoms with Gasteiger partial charge in [0.1, 0.15) is 0 Å². The number of aromatic nitrogens is 1. The summed E-state index contributed by atoms with van der Waals surface area (Å²) in [7, 11) is 0. The molecule has 21 heavy (non-hydrogen) atoms. The number of aldehydes is 1. The monoisotopic (exact) mass is 285 g/mol. The number of hydrogen-bond donors (Lipinski definition) is 0. The van der Waals surface area contributed by atoms with E-state index in [2.05, 4.69) is 0 Å². The van der Waals surface area contributed by atoms with Crippen molar-refractivity contribution in [2.45, 2.75) is 12.5 Å². The van der Waals surface area contributed by atoms with Gasteiger partial charge in [-0.05, 0) is 12.1 Å². The van der Waals surface area contributed by atoms with Crippen molar-refractivity contribution in [3.05, 3.63) is 71.9 Å². The van der Waals surface area contributed by atoms with Crippen molar-refractivity contribution < 1.29 is 13.6 Å². The fourth-order valence-electron chi connectivity index (χ4n) is 2.51. The van der Waals surface area contributed by atoms with Crippen molar-refractivity contribution in [1.29, 1.82) is 0 Å². The first-order valence-electron chi connectivity index (χ1n) is 6.58. The van der Waals surface area contributed by atoms with E-state index in [9.17, 15) is 13.6 Å². The highest BCUT2D eigenvalue weighted by atomic mass is 19.3. The van der Waals surface area contributed by atoms with Gasteiger partial charge in [-0.1, -0.05) is 42.5 Å².